The van der Waals surface area contributed by atoms with Gasteiger partial charge in [-0.2, -0.15) is 13.2 Å². The number of carbonyl (C=O) groups is 2. The molecule has 2 fully saturated rings. The predicted octanol–water partition coefficient (Wildman–Crippen LogP) is 7.25. The fourth-order valence-corrected chi connectivity index (χ4v) is 5.08. The highest BCUT2D eigenvalue weighted by molar-refractivity contribution is 5.82. The van der Waals surface area contributed by atoms with Crippen LogP contribution in [0.3, 0.4) is 0 Å². The molecule has 1 unspecified atom stereocenters. The number of hydrogen-bond donors (Lipinski definition) is 0. The van der Waals surface area contributed by atoms with Gasteiger partial charge in [0.15, 0.2) is 0 Å². The second kappa shape index (κ2) is 11.8. The van der Waals surface area contributed by atoms with Crippen LogP contribution in [0.1, 0.15) is 71.4 Å². The topological polar surface area (TPSA) is 49.9 Å². The van der Waals surface area contributed by atoms with Gasteiger partial charge in [0.2, 0.25) is 5.91 Å². The van der Waals surface area contributed by atoms with Gasteiger partial charge in [-0.25, -0.2) is 4.79 Å². The van der Waals surface area contributed by atoms with Crippen molar-refractivity contribution in [1.82, 2.24) is 9.80 Å². The molecule has 2 aliphatic rings. The van der Waals surface area contributed by atoms with Crippen LogP contribution in [0, 0.1) is 5.92 Å². The average Bonchev–Trinajstić information content (AvgIpc) is 2.86. The molecule has 0 spiro atoms. The van der Waals surface area contributed by atoms with Crippen LogP contribution in [0.5, 0.6) is 0 Å². The zero-order valence-corrected chi connectivity index (χ0v) is 23.0. The third-order valence-corrected chi connectivity index (χ3v) is 7.13. The molecule has 2 saturated heterocycles. The zero-order chi connectivity index (χ0) is 28.3. The van der Waals surface area contributed by atoms with Crippen LogP contribution in [-0.2, 0) is 15.7 Å². The average molecular weight is 533 g/mol. The fourth-order valence-electron chi connectivity index (χ4n) is 5.08. The Kier molecular flexibility index (Phi) is 9.16. The number of rotatable bonds is 4. The van der Waals surface area contributed by atoms with E-state index in [1.165, 1.54) is 12.1 Å². The zero-order valence-electron chi connectivity index (χ0n) is 23.0. The van der Waals surface area contributed by atoms with E-state index in [1.807, 2.05) is 51.7 Å². The molecule has 0 bridgehead atoms. The minimum absolute atomic E-state index is 0.0793. The first-order chi connectivity index (χ1) is 17.7. The number of piperidine rings is 2. The van der Waals surface area contributed by atoms with Gasteiger partial charge in [0, 0.05) is 25.6 Å². The van der Waals surface area contributed by atoms with Crippen LogP contribution in [0.2, 0.25) is 0 Å². The lowest BCUT2D eigenvalue weighted by Crippen LogP contribution is -2.50. The fraction of sp³-hybridized carbons (Fsp3) is 0.533. The Morgan fingerprint density at radius 2 is 1.68 bits per heavy atom. The van der Waals surface area contributed by atoms with Crippen molar-refractivity contribution in [3.63, 3.8) is 0 Å². The molecule has 0 N–H and O–H groups in total. The van der Waals surface area contributed by atoms with Crippen molar-refractivity contribution in [3.8, 4) is 0 Å². The Labute approximate surface area is 224 Å². The maximum atomic E-state index is 13.6. The number of halogens is 3. The highest BCUT2D eigenvalue weighted by Gasteiger charge is 2.37. The molecule has 2 heterocycles. The van der Waals surface area contributed by atoms with E-state index >= 15 is 0 Å². The van der Waals surface area contributed by atoms with Crippen molar-refractivity contribution in [2.24, 2.45) is 5.92 Å². The highest BCUT2D eigenvalue weighted by atomic mass is 19.4. The number of hydrogen-bond acceptors (Lipinski definition) is 3. The molecule has 1 aromatic rings. The molecule has 3 rings (SSSR count). The molecule has 208 valence electrons. The van der Waals surface area contributed by atoms with Crippen LogP contribution in [-0.4, -0.2) is 53.1 Å². The molecular formula is C30H39F3N2O3. The summed E-state index contributed by atoms with van der Waals surface area (Å²) in [6.07, 6.45) is 1.57. The van der Waals surface area contributed by atoms with Crippen molar-refractivity contribution < 1.29 is 27.5 Å². The van der Waals surface area contributed by atoms with E-state index in [1.54, 1.807) is 4.90 Å². The number of likely N-dealkylation sites (tertiary alicyclic amines) is 2. The minimum Gasteiger partial charge on any atom is -0.444 e. The van der Waals surface area contributed by atoms with Gasteiger partial charge in [-0.15, -0.1) is 0 Å². The van der Waals surface area contributed by atoms with Gasteiger partial charge in [0.1, 0.15) is 5.60 Å². The number of benzene rings is 1. The van der Waals surface area contributed by atoms with Gasteiger partial charge in [-0.05, 0) is 93.9 Å². The summed E-state index contributed by atoms with van der Waals surface area (Å²) in [6.45, 7) is 15.1. The Morgan fingerprint density at radius 1 is 1.08 bits per heavy atom. The maximum absolute atomic E-state index is 13.6. The van der Waals surface area contributed by atoms with E-state index in [9.17, 15) is 22.8 Å². The van der Waals surface area contributed by atoms with Gasteiger partial charge in [0.25, 0.3) is 0 Å². The monoisotopic (exact) mass is 532 g/mol. The van der Waals surface area contributed by atoms with Crippen LogP contribution in [0.25, 0.3) is 5.57 Å². The first-order valence-corrected chi connectivity index (χ1v) is 13.3. The molecule has 38 heavy (non-hydrogen) atoms. The molecule has 5 nitrogen and oxygen atoms in total. The molecule has 2 aliphatic heterocycles. The Balaban J connectivity index is 1.76. The van der Waals surface area contributed by atoms with Gasteiger partial charge in [-0.3, -0.25) is 4.79 Å². The Bertz CT molecular complexity index is 1090. The van der Waals surface area contributed by atoms with Gasteiger partial charge < -0.3 is 14.5 Å². The molecule has 2 amide bonds. The number of nitrogens with zero attached hydrogens (tertiary/aromatic N) is 2. The Hall–Kier alpha value is -3.03. The third kappa shape index (κ3) is 7.08. The van der Waals surface area contributed by atoms with Crippen LogP contribution in [0.4, 0.5) is 18.0 Å². The summed E-state index contributed by atoms with van der Waals surface area (Å²) in [5.74, 6) is -0.0953. The van der Waals surface area contributed by atoms with E-state index < -0.39 is 17.3 Å². The number of amides is 2. The molecule has 8 heteroatoms. The molecule has 1 aromatic carbocycles. The summed E-state index contributed by atoms with van der Waals surface area (Å²) in [6, 6.07) is 4.96. The molecular weight excluding hydrogens is 493 g/mol. The van der Waals surface area contributed by atoms with Crippen LogP contribution >= 0.6 is 0 Å². The molecule has 0 saturated carbocycles. The first kappa shape index (κ1) is 29.5. The predicted molar refractivity (Wildman–Crippen MR) is 143 cm³/mol. The van der Waals surface area contributed by atoms with Gasteiger partial charge in [0.05, 0.1) is 11.6 Å². The summed E-state index contributed by atoms with van der Waals surface area (Å²) < 4.78 is 44.5. The largest absolute Gasteiger partial charge is 0.444 e. The quantitative estimate of drug-likeness (QED) is 0.410. The van der Waals surface area contributed by atoms with E-state index in [0.29, 0.717) is 50.9 Å². The molecule has 0 aliphatic carbocycles. The van der Waals surface area contributed by atoms with Crippen molar-refractivity contribution in [2.45, 2.75) is 78.1 Å². The maximum Gasteiger partial charge on any atom is 0.416 e. The van der Waals surface area contributed by atoms with Crippen molar-refractivity contribution in [2.75, 3.05) is 19.6 Å². The SMILES string of the molecule is C=C1CCN(C(=O)C2CCN(C(=O)OC(C)(C)C)CC2)C(CC)/C1=C/C(=C\C)c1ccc(C(F)(F)F)cc1. The highest BCUT2D eigenvalue weighted by Crippen LogP contribution is 2.35. The second-order valence-electron chi connectivity index (χ2n) is 11.0. The lowest BCUT2D eigenvalue weighted by molar-refractivity contribution is -0.139. The number of alkyl halides is 3. The smallest absolute Gasteiger partial charge is 0.416 e. The first-order valence-electron chi connectivity index (χ1n) is 13.3. The van der Waals surface area contributed by atoms with E-state index in [0.717, 1.165) is 28.9 Å². The van der Waals surface area contributed by atoms with Crippen molar-refractivity contribution >= 4 is 17.6 Å². The normalized spacial score (nSPS) is 21.2. The van der Waals surface area contributed by atoms with Crippen molar-refractivity contribution in [3.05, 3.63) is 65.3 Å². The molecule has 1 atom stereocenters. The summed E-state index contributed by atoms with van der Waals surface area (Å²) in [5.41, 5.74) is 2.08. The standard InChI is InChI=1S/C30H39F3N2O3/c1-7-21(22-9-11-24(12-10-22)30(31,32)33)19-25-20(3)13-18-35(26(25)8-2)27(36)23-14-16-34(17-15-23)28(37)38-29(4,5)6/h7,9-12,19,23,26H,3,8,13-18H2,1-2,4-6H3/b21-7+,25-19+. The van der Waals surface area contributed by atoms with Gasteiger partial charge >= 0.3 is 12.3 Å². The lowest BCUT2D eigenvalue weighted by Gasteiger charge is -2.42. The summed E-state index contributed by atoms with van der Waals surface area (Å²) in [5, 5.41) is 0. The molecule has 0 radical (unpaired) electrons. The number of allylic oxidation sites excluding steroid dienone is 3. The number of carbonyl (C=O) groups excluding carboxylic acids is 2. The summed E-state index contributed by atoms with van der Waals surface area (Å²) in [7, 11) is 0. The Morgan fingerprint density at radius 3 is 2.18 bits per heavy atom. The minimum atomic E-state index is -4.39. The molecule has 0 aromatic heterocycles. The lowest BCUT2D eigenvalue weighted by atomic mass is 9.85. The van der Waals surface area contributed by atoms with E-state index in [-0.39, 0.29) is 24.0 Å². The van der Waals surface area contributed by atoms with E-state index in [2.05, 4.69) is 6.58 Å². The summed E-state index contributed by atoms with van der Waals surface area (Å²) >= 11 is 0. The van der Waals surface area contributed by atoms with Crippen molar-refractivity contribution in [1.29, 1.82) is 0 Å². The third-order valence-electron chi connectivity index (χ3n) is 7.13. The summed E-state index contributed by atoms with van der Waals surface area (Å²) in [4.78, 5) is 29.7. The van der Waals surface area contributed by atoms with Crippen LogP contribution < -0.4 is 0 Å². The van der Waals surface area contributed by atoms with Crippen LogP contribution in [0.15, 0.2) is 54.1 Å². The second-order valence-corrected chi connectivity index (χ2v) is 11.0. The number of ether oxygens (including phenoxy) is 1. The van der Waals surface area contributed by atoms with Gasteiger partial charge in [-0.1, -0.05) is 31.7 Å². The van der Waals surface area contributed by atoms with E-state index in [4.69, 9.17) is 4.74 Å².